The van der Waals surface area contributed by atoms with Crippen molar-refractivity contribution >= 4 is 44.4 Å². The van der Waals surface area contributed by atoms with Crippen molar-refractivity contribution < 1.29 is 61.1 Å². The quantitative estimate of drug-likeness (QED) is 0.0721. The van der Waals surface area contributed by atoms with Crippen molar-refractivity contribution in [3.63, 3.8) is 0 Å². The number of aliphatic hydroxyl groups is 1. The number of benzene rings is 1. The fraction of sp³-hybridized carbons (Fsp3) is 0.515. The minimum absolute atomic E-state index is 0.118. The highest BCUT2D eigenvalue weighted by molar-refractivity contribution is 7.47. The molecule has 322 valence electrons. The number of hydrogen-bond donors (Lipinski definition) is 6. The summed E-state index contributed by atoms with van der Waals surface area (Å²) < 4.78 is 65.8. The zero-order valence-electron chi connectivity index (χ0n) is 32.5. The zero-order valence-corrected chi connectivity index (χ0v) is 34.3. The molecule has 0 spiro atoms. The smallest absolute Gasteiger partial charge is 0.472 e. The molecule has 0 aliphatic carbocycles. The topological polar surface area (TPSA) is 308 Å². The molecule has 24 nitrogen and oxygen atoms in total. The average molecular weight is 869 g/mol. The number of nitrogens with two attached hydrogens (primary N) is 1. The molecule has 59 heavy (non-hydrogen) atoms. The molecule has 5 heterocycles. The van der Waals surface area contributed by atoms with Gasteiger partial charge < -0.3 is 50.4 Å². The maximum Gasteiger partial charge on any atom is 0.472 e. The standard InChI is InChI=1S/C33H46N10O14P2/c1-35-24-10-11-42(33(46)39-24)25-13-21(22(55-25)14-53-58(47,48)52-5)57-59(49,50)54-15-23-26(40-31(45)20(34)12-18-6-8-19(51-4)9-7-18)28(44)32(56-23)43-17-38-27-29(41(2)3)36-16-37-30(27)43/h6-11,16-17,20-23,25-26,28,32,44H,12-15,34H2,1-5H3,(H,40,45)(H,47,48)(H,49,50)(H,35,39,46)/t20?,21?,22-,23-,25-,26?,28+,32-/m1/s1. The van der Waals surface area contributed by atoms with Gasteiger partial charge in [0.1, 0.15) is 48.5 Å². The van der Waals surface area contributed by atoms with Crippen LogP contribution in [0.4, 0.5) is 11.6 Å². The molecule has 2 aliphatic rings. The second-order valence-corrected chi connectivity index (χ2v) is 16.6. The van der Waals surface area contributed by atoms with Crippen LogP contribution >= 0.6 is 15.6 Å². The lowest BCUT2D eigenvalue weighted by molar-refractivity contribution is -0.124. The number of phosphoric ester groups is 2. The number of carbonyl (C=O) groups is 1. The van der Waals surface area contributed by atoms with Crippen LogP contribution in [0.25, 0.3) is 11.2 Å². The molecule has 3 aromatic heterocycles. The number of nitrogens with zero attached hydrogens (tertiary/aromatic N) is 7. The third kappa shape index (κ3) is 10.3. The van der Waals surface area contributed by atoms with Gasteiger partial charge in [-0.25, -0.2) is 28.9 Å². The maximum atomic E-state index is 13.6. The van der Waals surface area contributed by atoms with Gasteiger partial charge in [-0.15, -0.1) is 0 Å². The van der Waals surface area contributed by atoms with E-state index >= 15 is 0 Å². The molecule has 2 saturated heterocycles. The van der Waals surface area contributed by atoms with Crippen LogP contribution < -0.4 is 31.7 Å². The maximum absolute atomic E-state index is 13.6. The summed E-state index contributed by atoms with van der Waals surface area (Å²) in [4.78, 5) is 65.7. The average Bonchev–Trinajstić information content (AvgIpc) is 3.91. The Hall–Kier alpha value is -4.42. The number of nitrogens with one attached hydrogen (secondary N) is 2. The summed E-state index contributed by atoms with van der Waals surface area (Å²) >= 11 is 0. The van der Waals surface area contributed by atoms with Crippen molar-refractivity contribution in [2.24, 2.45) is 5.73 Å². The van der Waals surface area contributed by atoms with E-state index in [2.05, 4.69) is 35.1 Å². The van der Waals surface area contributed by atoms with Gasteiger partial charge in [0.05, 0.1) is 38.7 Å². The molecular formula is C33H46N10O14P2. The predicted octanol–water partition coefficient (Wildman–Crippen LogP) is 0.0657. The van der Waals surface area contributed by atoms with Gasteiger partial charge in [0.15, 0.2) is 23.2 Å². The summed E-state index contributed by atoms with van der Waals surface area (Å²) in [5, 5.41) is 17.1. The summed E-state index contributed by atoms with van der Waals surface area (Å²) in [6, 6.07) is 6.07. The number of methoxy groups -OCH3 is 1. The van der Waals surface area contributed by atoms with Crippen molar-refractivity contribution in [1.29, 1.82) is 0 Å². The van der Waals surface area contributed by atoms with Gasteiger partial charge in [-0.05, 0) is 30.2 Å². The molecule has 7 N–H and O–H groups in total. The molecule has 26 heteroatoms. The summed E-state index contributed by atoms with van der Waals surface area (Å²) in [5.41, 5.74) is 6.97. The number of hydrogen-bond acceptors (Lipinski definition) is 19. The van der Waals surface area contributed by atoms with Crippen LogP contribution in [-0.2, 0) is 47.9 Å². The highest BCUT2D eigenvalue weighted by atomic mass is 31.2. The largest absolute Gasteiger partial charge is 0.497 e. The van der Waals surface area contributed by atoms with Crippen molar-refractivity contribution in [1.82, 2.24) is 34.4 Å². The summed E-state index contributed by atoms with van der Waals surface area (Å²) in [7, 11) is -2.07. The normalized spacial score (nSPS) is 25.6. The van der Waals surface area contributed by atoms with Crippen molar-refractivity contribution in [2.45, 2.75) is 61.8 Å². The van der Waals surface area contributed by atoms with Crippen molar-refractivity contribution in [3.05, 3.63) is 65.2 Å². The first-order valence-electron chi connectivity index (χ1n) is 18.0. The first-order chi connectivity index (χ1) is 28.0. The number of anilines is 2. The zero-order chi connectivity index (χ0) is 42.6. The van der Waals surface area contributed by atoms with E-state index < -0.39 is 89.4 Å². The Kier molecular flexibility index (Phi) is 13.8. The molecule has 0 saturated carbocycles. The van der Waals surface area contributed by atoms with Crippen LogP contribution in [0.3, 0.4) is 0 Å². The molecule has 2 fully saturated rings. The van der Waals surface area contributed by atoms with Gasteiger partial charge in [0.25, 0.3) is 0 Å². The molecule has 4 aromatic rings. The fourth-order valence-electron chi connectivity index (χ4n) is 6.52. The van der Waals surface area contributed by atoms with Gasteiger partial charge in [-0.1, -0.05) is 12.1 Å². The first-order valence-corrected chi connectivity index (χ1v) is 21.0. The molecule has 1 aromatic carbocycles. The van der Waals surface area contributed by atoms with Gasteiger partial charge >= 0.3 is 21.3 Å². The number of fused-ring (bicyclic) bond motifs is 1. The Bertz CT molecular complexity index is 2250. The van der Waals surface area contributed by atoms with Crippen LogP contribution in [0.15, 0.2) is 54.0 Å². The number of ether oxygens (including phenoxy) is 3. The van der Waals surface area contributed by atoms with E-state index in [9.17, 15) is 33.6 Å². The SMILES string of the molecule is CNc1ccn([C@H]2CC(OP(=O)(O)OC[C@H]3O[C@@H](n4cnc5c(N(C)C)ncnc54)[C@@H](O)C3NC(=O)C(N)Cc3ccc(OC)cc3)[C@@H](COP(=O)(O)OC)O2)c(=O)n1. The van der Waals surface area contributed by atoms with Gasteiger partial charge in [-0.3, -0.25) is 32.0 Å². The lowest BCUT2D eigenvalue weighted by Gasteiger charge is -2.25. The van der Waals surface area contributed by atoms with Crippen molar-refractivity contribution in [3.8, 4) is 5.75 Å². The van der Waals surface area contributed by atoms with Crippen LogP contribution in [0.1, 0.15) is 24.4 Å². The highest BCUT2D eigenvalue weighted by Crippen LogP contribution is 2.50. The Morgan fingerprint density at radius 3 is 2.41 bits per heavy atom. The molecule has 5 unspecified atom stereocenters. The Balaban J connectivity index is 1.21. The van der Waals surface area contributed by atoms with Gasteiger partial charge in [0, 0.05) is 40.9 Å². The van der Waals surface area contributed by atoms with E-state index in [1.807, 2.05) is 0 Å². The number of aromatic nitrogens is 6. The number of rotatable bonds is 18. The monoisotopic (exact) mass is 868 g/mol. The number of amides is 1. The van der Waals surface area contributed by atoms with Crippen molar-refractivity contribution in [2.75, 3.05) is 58.8 Å². The highest BCUT2D eigenvalue weighted by Gasteiger charge is 2.49. The lowest BCUT2D eigenvalue weighted by Crippen LogP contribution is -2.53. The van der Waals surface area contributed by atoms with Crippen LogP contribution in [0.5, 0.6) is 5.75 Å². The minimum atomic E-state index is -5.10. The Morgan fingerprint density at radius 1 is 1.03 bits per heavy atom. The summed E-state index contributed by atoms with van der Waals surface area (Å²) in [6.07, 6.45) is -3.88. The second kappa shape index (κ2) is 18.5. The van der Waals surface area contributed by atoms with E-state index in [-0.39, 0.29) is 24.3 Å². The van der Waals surface area contributed by atoms with Crippen LogP contribution in [0, 0.1) is 0 Å². The predicted molar refractivity (Wildman–Crippen MR) is 206 cm³/mol. The third-order valence-corrected chi connectivity index (χ3v) is 11.5. The van der Waals surface area contributed by atoms with Gasteiger partial charge in [-0.2, -0.15) is 4.98 Å². The first kappa shape index (κ1) is 44.1. The molecule has 0 radical (unpaired) electrons. The Morgan fingerprint density at radius 2 is 1.75 bits per heavy atom. The number of imidazole rings is 1. The Labute approximate surface area is 336 Å². The van der Waals surface area contributed by atoms with E-state index in [4.69, 9.17) is 33.5 Å². The molecule has 10 atom stereocenters. The third-order valence-electron chi connectivity index (χ3n) is 9.55. The molecular weight excluding hydrogens is 822 g/mol. The second-order valence-electron chi connectivity index (χ2n) is 13.6. The lowest BCUT2D eigenvalue weighted by atomic mass is 10.0. The number of phosphoric acid groups is 2. The molecule has 1 amide bonds. The van der Waals surface area contributed by atoms with E-state index in [1.54, 1.807) is 50.3 Å². The summed E-state index contributed by atoms with van der Waals surface area (Å²) in [5.74, 6) is 0.702. The fourth-order valence-corrected chi connectivity index (χ4v) is 7.92. The van der Waals surface area contributed by atoms with E-state index in [0.29, 0.717) is 17.1 Å². The van der Waals surface area contributed by atoms with Crippen LogP contribution in [-0.4, -0.2) is 135 Å². The number of carbonyl (C=O) groups excluding carboxylic acids is 1. The summed E-state index contributed by atoms with van der Waals surface area (Å²) in [6.45, 7) is -1.39. The number of aliphatic hydroxyl groups excluding tert-OH is 1. The van der Waals surface area contributed by atoms with Gasteiger partial charge in [0.2, 0.25) is 5.91 Å². The van der Waals surface area contributed by atoms with E-state index in [1.165, 1.54) is 36.6 Å². The molecule has 6 rings (SSSR count). The minimum Gasteiger partial charge on any atom is -0.497 e. The molecule has 0 bridgehead atoms. The van der Waals surface area contributed by atoms with Crippen LogP contribution in [0.2, 0.25) is 0 Å². The van der Waals surface area contributed by atoms with E-state index in [0.717, 1.165) is 17.2 Å². The molecule has 2 aliphatic heterocycles.